The Labute approximate surface area is 605 Å². The van der Waals surface area contributed by atoms with Crippen molar-refractivity contribution in [3.8, 4) is 23.0 Å². The molecule has 0 radical (unpaired) electrons. The molecule has 6 heteroatoms. The van der Waals surface area contributed by atoms with Gasteiger partial charge in [-0.15, -0.1) is 0 Å². The van der Waals surface area contributed by atoms with Gasteiger partial charge in [0.25, 0.3) is 0 Å². The minimum atomic E-state index is -0.211. The summed E-state index contributed by atoms with van der Waals surface area (Å²) in [6.45, 7) is 69.5. The summed E-state index contributed by atoms with van der Waals surface area (Å²) in [5.74, 6) is 3.41. The van der Waals surface area contributed by atoms with E-state index in [0.29, 0.717) is 0 Å². The predicted octanol–water partition coefficient (Wildman–Crippen LogP) is 25.7. The molecule has 100 heavy (non-hydrogen) atoms. The second kappa shape index (κ2) is 27.1. The van der Waals surface area contributed by atoms with Gasteiger partial charge >= 0.3 is 0 Å². The fourth-order valence-corrected chi connectivity index (χ4v) is 15.3. The summed E-state index contributed by atoms with van der Waals surface area (Å²) in [5.41, 5.74) is 25.6. The van der Waals surface area contributed by atoms with E-state index in [1.54, 1.807) is 0 Å². The van der Waals surface area contributed by atoms with E-state index in [2.05, 4.69) is 317 Å². The maximum Gasteiger partial charge on any atom is 0.126 e. The molecule has 4 atom stereocenters. The molecular weight excluding hydrogens is 1220 g/mol. The number of hydrogen-bond acceptors (Lipinski definition) is 6. The van der Waals surface area contributed by atoms with Gasteiger partial charge in [-0.05, 0) is 107 Å². The van der Waals surface area contributed by atoms with Crippen molar-refractivity contribution in [3.05, 3.63) is 220 Å². The second-order valence-electron chi connectivity index (χ2n) is 37.7. The molecule has 1 aliphatic carbocycles. The fraction of sp³-hybridized carbons (Fsp3) is 0.489. The molecule has 0 saturated heterocycles. The van der Waals surface area contributed by atoms with Gasteiger partial charge in [0.15, 0.2) is 0 Å². The minimum absolute atomic E-state index is 0.109. The van der Waals surface area contributed by atoms with Crippen molar-refractivity contribution < 1.29 is 18.9 Å². The van der Waals surface area contributed by atoms with Crippen LogP contribution in [0.3, 0.4) is 0 Å². The van der Waals surface area contributed by atoms with Crippen LogP contribution >= 0.6 is 0 Å². The molecule has 0 amide bonds. The van der Waals surface area contributed by atoms with Crippen LogP contribution in [-0.2, 0) is 43.3 Å². The highest BCUT2D eigenvalue weighted by molar-refractivity contribution is 6.61. The standard InChI is InChI=1S/C94H124N2O4/c1-53-41-66(55(3)60-45-70(87(7,8)9)83(97-31)71(46-60)88(10,11)12)79(67(42-53)56(4)61-47-72(89(13,14)15)84(98-32)73(48-61)90(16,17)18)95-81-64-39-35-37-59-38-36-40-65(78(59)64)82(81)96-80-68(57(5)62-49-74(91(19,20)21)85(99-33)75(50-62)92(22,23)24)43-54(2)44-69(80)58(6)63-51-76(93(25,26)27)86(100-34)77(52-63)94(28,29)30/h35-52,55-58H,1-34H3/t55-,56-,57-,58-/m1/s1. The van der Waals surface area contributed by atoms with Crippen LogP contribution in [0, 0.1) is 13.8 Å². The zero-order valence-electron chi connectivity index (χ0n) is 68.2. The predicted molar refractivity (Wildman–Crippen MR) is 430 cm³/mol. The van der Waals surface area contributed by atoms with E-state index in [4.69, 9.17) is 28.9 Å². The summed E-state index contributed by atoms with van der Waals surface area (Å²) in [4.78, 5) is 12.9. The Morgan fingerprint density at radius 1 is 0.280 bits per heavy atom. The van der Waals surface area contributed by atoms with Crippen LogP contribution < -0.4 is 18.9 Å². The summed E-state index contributed by atoms with van der Waals surface area (Å²) in [6.07, 6.45) is 0. The summed E-state index contributed by atoms with van der Waals surface area (Å²) in [5, 5.41) is 2.31. The highest BCUT2D eigenvalue weighted by Crippen LogP contribution is 2.52. The van der Waals surface area contributed by atoms with Gasteiger partial charge < -0.3 is 18.9 Å². The summed E-state index contributed by atoms with van der Waals surface area (Å²) < 4.78 is 25.8. The Bertz CT molecular complexity index is 3860. The number of methoxy groups -OCH3 is 4. The first-order chi connectivity index (χ1) is 46.0. The topological polar surface area (TPSA) is 61.6 Å². The minimum Gasteiger partial charge on any atom is -0.496 e. The van der Waals surface area contributed by atoms with Crippen molar-refractivity contribution in [1.82, 2.24) is 0 Å². The number of hydrogen-bond donors (Lipinski definition) is 0. The van der Waals surface area contributed by atoms with Gasteiger partial charge in [-0.25, -0.2) is 9.98 Å². The van der Waals surface area contributed by atoms with Crippen LogP contribution in [0.15, 0.2) is 119 Å². The average Bonchev–Trinajstić information content (AvgIpc) is 1.50. The van der Waals surface area contributed by atoms with E-state index < -0.39 is 0 Å². The lowest BCUT2D eigenvalue weighted by molar-refractivity contribution is 0.380. The van der Waals surface area contributed by atoms with Crippen LogP contribution in [-0.4, -0.2) is 39.9 Å². The van der Waals surface area contributed by atoms with E-state index in [0.717, 1.165) is 89.9 Å². The molecule has 0 aliphatic heterocycles. The molecule has 534 valence electrons. The van der Waals surface area contributed by atoms with Crippen LogP contribution in [0.1, 0.15) is 329 Å². The Morgan fingerprint density at radius 2 is 0.470 bits per heavy atom. The lowest BCUT2D eigenvalue weighted by atomic mass is 9.75. The highest BCUT2D eigenvalue weighted by Gasteiger charge is 2.38. The molecule has 0 saturated carbocycles. The Morgan fingerprint density at radius 3 is 0.640 bits per heavy atom. The first-order valence-electron chi connectivity index (χ1n) is 36.9. The van der Waals surface area contributed by atoms with Crippen LogP contribution in [0.2, 0.25) is 0 Å². The zero-order valence-corrected chi connectivity index (χ0v) is 68.2. The van der Waals surface area contributed by atoms with Gasteiger partial charge in [-0.1, -0.05) is 314 Å². The van der Waals surface area contributed by atoms with Crippen molar-refractivity contribution >= 4 is 33.6 Å². The molecule has 0 unspecified atom stereocenters. The second-order valence-corrected chi connectivity index (χ2v) is 37.7. The first kappa shape index (κ1) is 76.7. The maximum absolute atomic E-state index is 6.45. The van der Waals surface area contributed by atoms with Crippen LogP contribution in [0.5, 0.6) is 23.0 Å². The normalized spacial score (nSPS) is 15.6. The quantitative estimate of drug-likeness (QED) is 0.109. The monoisotopic (exact) mass is 1340 g/mol. The number of benzene rings is 8. The van der Waals surface area contributed by atoms with Crippen molar-refractivity contribution in [2.24, 2.45) is 9.98 Å². The third-order valence-electron chi connectivity index (χ3n) is 21.3. The number of aryl methyl sites for hydroxylation is 2. The van der Waals surface area contributed by atoms with Crippen LogP contribution in [0.25, 0.3) is 10.8 Å². The Hall–Kier alpha value is -7.44. The van der Waals surface area contributed by atoms with E-state index in [1.165, 1.54) is 77.9 Å². The van der Waals surface area contributed by atoms with E-state index in [9.17, 15) is 0 Å². The molecule has 8 aromatic carbocycles. The molecule has 8 aromatic rings. The van der Waals surface area contributed by atoms with Gasteiger partial charge in [0.1, 0.15) is 23.0 Å². The van der Waals surface area contributed by atoms with E-state index in [1.807, 2.05) is 28.4 Å². The molecule has 6 nitrogen and oxygen atoms in total. The molecule has 0 N–H and O–H groups in total. The smallest absolute Gasteiger partial charge is 0.126 e. The van der Waals surface area contributed by atoms with E-state index in [-0.39, 0.29) is 67.0 Å². The van der Waals surface area contributed by atoms with Gasteiger partial charge in [0, 0.05) is 84.7 Å². The number of aliphatic imine (C=N–C) groups is 2. The third kappa shape index (κ3) is 14.9. The van der Waals surface area contributed by atoms with Gasteiger partial charge in [0.05, 0.1) is 51.2 Å². The largest absolute Gasteiger partial charge is 0.496 e. The molecule has 0 spiro atoms. The molecule has 0 aromatic heterocycles. The Balaban J connectivity index is 1.48. The van der Waals surface area contributed by atoms with Crippen LogP contribution in [0.4, 0.5) is 11.4 Å². The number of rotatable bonds is 14. The average molecular weight is 1350 g/mol. The van der Waals surface area contributed by atoms with E-state index >= 15 is 0 Å². The fourth-order valence-electron chi connectivity index (χ4n) is 15.3. The third-order valence-corrected chi connectivity index (χ3v) is 21.3. The van der Waals surface area contributed by atoms with Crippen molar-refractivity contribution in [3.63, 3.8) is 0 Å². The molecule has 9 rings (SSSR count). The number of nitrogens with zero attached hydrogens (tertiary/aromatic N) is 2. The lowest BCUT2D eigenvalue weighted by Crippen LogP contribution is -2.21. The first-order valence-corrected chi connectivity index (χ1v) is 36.9. The van der Waals surface area contributed by atoms with Gasteiger partial charge in [0.2, 0.25) is 0 Å². The van der Waals surface area contributed by atoms with Crippen molar-refractivity contribution in [2.45, 2.75) is 275 Å². The lowest BCUT2D eigenvalue weighted by Gasteiger charge is -2.32. The van der Waals surface area contributed by atoms with Crippen molar-refractivity contribution in [1.29, 1.82) is 0 Å². The number of ether oxygens (including phenoxy) is 4. The molecule has 0 heterocycles. The van der Waals surface area contributed by atoms with Gasteiger partial charge in [-0.2, -0.15) is 0 Å². The molecule has 0 fully saturated rings. The van der Waals surface area contributed by atoms with Gasteiger partial charge in [-0.3, -0.25) is 0 Å². The maximum atomic E-state index is 6.45. The molecular formula is C94H124N2O4. The zero-order chi connectivity index (χ0) is 74.6. The summed E-state index contributed by atoms with van der Waals surface area (Å²) in [6, 6.07) is 42.6. The highest BCUT2D eigenvalue weighted by atomic mass is 16.5. The SMILES string of the molecule is COc1c(C(C)(C)C)cc([C@@H](C)c2cc(C)cc([C@H](C)c3cc(C(C)(C)C)c(OC)c(C(C)(C)C)c3)c2N=C2C(=Nc3c([C@H](C)c4cc(C(C)(C)C)c(OC)c(C(C)(C)C)c4)cc(C)cc3[C@H](C)c3cc(C(C)(C)C)c(OC)c(C(C)(C)C)c3)c3cccc4cccc2c34)cc1C(C)(C)C. The Kier molecular flexibility index (Phi) is 20.8. The van der Waals surface area contributed by atoms with Crippen molar-refractivity contribution in [2.75, 3.05) is 28.4 Å². The molecule has 0 bridgehead atoms. The summed E-state index contributed by atoms with van der Waals surface area (Å²) >= 11 is 0. The molecule has 1 aliphatic rings. The summed E-state index contributed by atoms with van der Waals surface area (Å²) in [7, 11) is 7.33.